The zero-order valence-corrected chi connectivity index (χ0v) is 19.8. The Labute approximate surface area is 208 Å². The fourth-order valence-corrected chi connectivity index (χ4v) is 3.86. The summed E-state index contributed by atoms with van der Waals surface area (Å²) in [6.07, 6.45) is 1.67. The molecule has 0 aliphatic rings. The monoisotopic (exact) mass is 531 g/mol. The molecule has 1 N–H and O–H groups in total. The molecule has 9 heteroatoms. The van der Waals surface area contributed by atoms with Crippen LogP contribution in [0.1, 0.15) is 21.5 Å². The van der Waals surface area contributed by atoms with E-state index in [9.17, 15) is 19.7 Å². The van der Waals surface area contributed by atoms with Crippen LogP contribution in [-0.2, 0) is 11.2 Å². The SMILES string of the molecule is O=C(Cc1ccc(Br)c2ccccc12)N/N=C\c1ccc(OC(=O)c2ccc([N+](=O)[O-])cc2)cc1. The molecule has 4 aromatic carbocycles. The Balaban J connectivity index is 1.32. The van der Waals surface area contributed by atoms with Crippen molar-refractivity contribution >= 4 is 50.5 Å². The molecule has 0 atom stereocenters. The minimum Gasteiger partial charge on any atom is -0.423 e. The molecular weight excluding hydrogens is 514 g/mol. The molecule has 0 spiro atoms. The maximum atomic E-state index is 12.4. The maximum absolute atomic E-state index is 12.4. The largest absolute Gasteiger partial charge is 0.423 e. The van der Waals surface area contributed by atoms with E-state index < -0.39 is 10.9 Å². The number of hydrogen-bond acceptors (Lipinski definition) is 6. The van der Waals surface area contributed by atoms with E-state index in [1.54, 1.807) is 24.3 Å². The van der Waals surface area contributed by atoms with Crippen molar-refractivity contribution in [3.8, 4) is 5.75 Å². The molecule has 0 unspecified atom stereocenters. The molecule has 0 heterocycles. The summed E-state index contributed by atoms with van der Waals surface area (Å²) < 4.78 is 6.25. The summed E-state index contributed by atoms with van der Waals surface area (Å²) in [5.74, 6) is -0.576. The third-order valence-corrected chi connectivity index (χ3v) is 5.81. The Hall–Kier alpha value is -4.37. The Morgan fingerprint density at radius 3 is 2.31 bits per heavy atom. The van der Waals surface area contributed by atoms with Crippen molar-refractivity contribution in [3.63, 3.8) is 0 Å². The van der Waals surface area contributed by atoms with Gasteiger partial charge < -0.3 is 4.74 Å². The van der Waals surface area contributed by atoms with Crippen LogP contribution < -0.4 is 10.2 Å². The number of carbonyl (C=O) groups is 2. The van der Waals surface area contributed by atoms with Crippen LogP contribution in [0.15, 0.2) is 94.5 Å². The second kappa shape index (κ2) is 10.7. The first-order valence-electron chi connectivity index (χ1n) is 10.5. The van der Waals surface area contributed by atoms with E-state index in [1.165, 1.54) is 30.5 Å². The van der Waals surface area contributed by atoms with Crippen molar-refractivity contribution < 1.29 is 19.2 Å². The number of nitrogens with zero attached hydrogens (tertiary/aromatic N) is 2. The molecule has 0 saturated carbocycles. The van der Waals surface area contributed by atoms with E-state index in [4.69, 9.17) is 4.74 Å². The number of nitro groups is 1. The van der Waals surface area contributed by atoms with Crippen molar-refractivity contribution in [1.82, 2.24) is 5.43 Å². The van der Waals surface area contributed by atoms with Crippen molar-refractivity contribution in [2.75, 3.05) is 0 Å². The van der Waals surface area contributed by atoms with Gasteiger partial charge in [0.2, 0.25) is 5.91 Å². The normalized spacial score (nSPS) is 10.9. The number of non-ortho nitro benzene ring substituents is 1. The molecule has 0 saturated heterocycles. The van der Waals surface area contributed by atoms with E-state index in [2.05, 4.69) is 26.5 Å². The average Bonchev–Trinajstić information content (AvgIpc) is 2.87. The quantitative estimate of drug-likeness (QED) is 0.112. The molecule has 4 rings (SSSR count). The van der Waals surface area contributed by atoms with Crippen LogP contribution in [0.5, 0.6) is 5.75 Å². The number of carbonyl (C=O) groups excluding carboxylic acids is 2. The number of amides is 1. The smallest absolute Gasteiger partial charge is 0.343 e. The Kier molecular flexibility index (Phi) is 7.27. The molecule has 174 valence electrons. The van der Waals surface area contributed by atoms with Crippen LogP contribution in [0, 0.1) is 10.1 Å². The second-order valence-corrected chi connectivity index (χ2v) is 8.34. The topological polar surface area (TPSA) is 111 Å². The predicted octanol–water partition coefficient (Wildman–Crippen LogP) is 5.42. The van der Waals surface area contributed by atoms with Crippen molar-refractivity contribution in [1.29, 1.82) is 0 Å². The number of nitrogens with one attached hydrogen (secondary N) is 1. The van der Waals surface area contributed by atoms with Gasteiger partial charge in [-0.25, -0.2) is 10.2 Å². The number of benzene rings is 4. The van der Waals surface area contributed by atoms with Gasteiger partial charge in [-0.3, -0.25) is 14.9 Å². The summed E-state index contributed by atoms with van der Waals surface area (Å²) in [4.78, 5) is 34.7. The average molecular weight is 532 g/mol. The number of hydrogen-bond donors (Lipinski definition) is 1. The standard InChI is InChI=1S/C26H18BrN3O5/c27-24-14-9-19(22-3-1-2-4-23(22)24)15-25(31)29-28-16-17-5-12-21(13-6-17)35-26(32)18-7-10-20(11-8-18)30(33)34/h1-14,16H,15H2,(H,29,31)/b28-16-. The lowest BCUT2D eigenvalue weighted by molar-refractivity contribution is -0.384. The molecule has 8 nitrogen and oxygen atoms in total. The van der Waals surface area contributed by atoms with Crippen molar-refractivity contribution in [3.05, 3.63) is 116 Å². The van der Waals surface area contributed by atoms with Gasteiger partial charge in [0.15, 0.2) is 0 Å². The van der Waals surface area contributed by atoms with E-state index in [-0.39, 0.29) is 23.6 Å². The zero-order chi connectivity index (χ0) is 24.8. The van der Waals surface area contributed by atoms with Crippen molar-refractivity contribution in [2.24, 2.45) is 5.10 Å². The minimum absolute atomic E-state index is 0.109. The molecule has 0 bridgehead atoms. The van der Waals surface area contributed by atoms with E-state index in [0.717, 1.165) is 20.8 Å². The van der Waals surface area contributed by atoms with E-state index >= 15 is 0 Å². The van der Waals surface area contributed by atoms with E-state index in [0.29, 0.717) is 11.3 Å². The Bertz CT molecular complexity index is 1430. The van der Waals surface area contributed by atoms with Gasteiger partial charge in [-0.05, 0) is 64.4 Å². The Morgan fingerprint density at radius 1 is 0.943 bits per heavy atom. The van der Waals surface area contributed by atoms with Crippen molar-refractivity contribution in [2.45, 2.75) is 6.42 Å². The number of halogens is 1. The number of esters is 1. The third-order valence-electron chi connectivity index (χ3n) is 5.12. The van der Waals surface area contributed by atoms with Gasteiger partial charge in [0.05, 0.1) is 23.1 Å². The first-order chi connectivity index (χ1) is 16.9. The summed E-state index contributed by atoms with van der Waals surface area (Å²) in [7, 11) is 0. The number of rotatable bonds is 7. The number of hydrazone groups is 1. The lowest BCUT2D eigenvalue weighted by atomic mass is 10.0. The fraction of sp³-hybridized carbons (Fsp3) is 0.0385. The number of fused-ring (bicyclic) bond motifs is 1. The fourth-order valence-electron chi connectivity index (χ4n) is 3.38. The van der Waals surface area contributed by atoms with Crippen LogP contribution in [0.2, 0.25) is 0 Å². The molecule has 0 radical (unpaired) electrons. The lowest BCUT2D eigenvalue weighted by Gasteiger charge is -2.07. The summed E-state index contributed by atoms with van der Waals surface area (Å²) in [5.41, 5.74) is 4.20. The zero-order valence-electron chi connectivity index (χ0n) is 18.2. The molecule has 0 aliphatic heterocycles. The number of nitro benzene ring substituents is 1. The first kappa shape index (κ1) is 23.8. The molecule has 35 heavy (non-hydrogen) atoms. The Morgan fingerprint density at radius 2 is 1.63 bits per heavy atom. The highest BCUT2D eigenvalue weighted by atomic mass is 79.9. The highest BCUT2D eigenvalue weighted by molar-refractivity contribution is 9.10. The van der Waals surface area contributed by atoms with Crippen LogP contribution in [0.4, 0.5) is 5.69 Å². The highest BCUT2D eigenvalue weighted by Crippen LogP contribution is 2.27. The highest BCUT2D eigenvalue weighted by Gasteiger charge is 2.12. The van der Waals surface area contributed by atoms with Gasteiger partial charge in [-0.1, -0.05) is 46.3 Å². The van der Waals surface area contributed by atoms with Crippen LogP contribution in [0.25, 0.3) is 10.8 Å². The summed E-state index contributed by atoms with van der Waals surface area (Å²) in [6.45, 7) is 0. The van der Waals surface area contributed by atoms with Gasteiger partial charge in [-0.2, -0.15) is 5.10 Å². The minimum atomic E-state index is -0.631. The lowest BCUT2D eigenvalue weighted by Crippen LogP contribution is -2.19. The summed E-state index contributed by atoms with van der Waals surface area (Å²) >= 11 is 3.53. The van der Waals surface area contributed by atoms with Crippen LogP contribution >= 0.6 is 15.9 Å². The van der Waals surface area contributed by atoms with Gasteiger partial charge in [0.25, 0.3) is 5.69 Å². The summed E-state index contributed by atoms with van der Waals surface area (Å²) in [6, 6.07) is 23.3. The van der Waals surface area contributed by atoms with Crippen LogP contribution in [0.3, 0.4) is 0 Å². The third kappa shape index (κ3) is 5.96. The summed E-state index contributed by atoms with van der Waals surface area (Å²) in [5, 5.41) is 16.7. The molecule has 4 aromatic rings. The van der Waals surface area contributed by atoms with E-state index in [1.807, 2.05) is 36.4 Å². The van der Waals surface area contributed by atoms with Gasteiger partial charge in [-0.15, -0.1) is 0 Å². The molecule has 0 fully saturated rings. The molecule has 0 aromatic heterocycles. The predicted molar refractivity (Wildman–Crippen MR) is 136 cm³/mol. The van der Waals surface area contributed by atoms with Gasteiger partial charge in [0, 0.05) is 16.6 Å². The van der Waals surface area contributed by atoms with Crippen LogP contribution in [-0.4, -0.2) is 23.0 Å². The second-order valence-electron chi connectivity index (χ2n) is 7.48. The maximum Gasteiger partial charge on any atom is 0.343 e. The van der Waals surface area contributed by atoms with Gasteiger partial charge in [0.1, 0.15) is 5.75 Å². The van der Waals surface area contributed by atoms with Gasteiger partial charge >= 0.3 is 5.97 Å². The molecular formula is C26H18BrN3O5. The molecule has 1 amide bonds. The molecule has 0 aliphatic carbocycles. The number of ether oxygens (including phenoxy) is 1. The first-order valence-corrected chi connectivity index (χ1v) is 11.2.